The minimum Gasteiger partial charge on any atom is -0.322 e. The van der Waals surface area contributed by atoms with Gasteiger partial charge >= 0.3 is 0 Å². The van der Waals surface area contributed by atoms with E-state index in [2.05, 4.69) is 15.6 Å². The Balaban J connectivity index is 1.74. The third-order valence-electron chi connectivity index (χ3n) is 3.55. The lowest BCUT2D eigenvalue weighted by atomic mass is 10.2. The molecule has 9 heteroatoms. The highest BCUT2D eigenvalue weighted by Gasteiger charge is 2.43. The summed E-state index contributed by atoms with van der Waals surface area (Å²) in [6.07, 6.45) is 0.517. The normalized spacial score (nSPS) is 18.6. The van der Waals surface area contributed by atoms with E-state index >= 15 is 0 Å². The van der Waals surface area contributed by atoms with Crippen LogP contribution in [-0.4, -0.2) is 23.0 Å². The zero-order valence-electron chi connectivity index (χ0n) is 12.5. The summed E-state index contributed by atoms with van der Waals surface area (Å²) >= 11 is 17.9. The molecule has 1 aliphatic rings. The molecule has 1 heterocycles. The first-order valence-electron chi connectivity index (χ1n) is 7.22. The number of benzene rings is 1. The van der Waals surface area contributed by atoms with Crippen LogP contribution in [0.2, 0.25) is 15.1 Å². The Kier molecular flexibility index (Phi) is 5.13. The summed E-state index contributed by atoms with van der Waals surface area (Å²) in [5, 5.41) is 5.65. The van der Waals surface area contributed by atoms with Gasteiger partial charge in [0.1, 0.15) is 12.0 Å². The quantitative estimate of drug-likeness (QED) is 0.786. The van der Waals surface area contributed by atoms with Gasteiger partial charge in [-0.15, -0.1) is 0 Å². The van der Waals surface area contributed by atoms with Gasteiger partial charge in [0.05, 0.1) is 21.5 Å². The molecule has 0 radical (unpaired) electrons. The van der Waals surface area contributed by atoms with Crippen molar-refractivity contribution in [1.29, 1.82) is 0 Å². The molecule has 2 N–H and O–H groups in total. The van der Waals surface area contributed by atoms with E-state index < -0.39 is 23.9 Å². The standard InChI is InChI=1S/C16H11Cl3FN3O2/c17-7-3-10(18)14(11(19)4-7)16(25)22-8-1-2-21-13(5-8)23-15(24)9-6-12(9)20/h1-5,9,12H,6H2,(H2,21,22,23,24,25)/t9-,12-/m1/s1. The first kappa shape index (κ1) is 17.9. The van der Waals surface area contributed by atoms with Gasteiger partial charge in [-0.25, -0.2) is 9.37 Å². The summed E-state index contributed by atoms with van der Waals surface area (Å²) in [5.41, 5.74) is 0.443. The van der Waals surface area contributed by atoms with Gasteiger partial charge in [-0.1, -0.05) is 34.8 Å². The second-order valence-corrected chi connectivity index (χ2v) is 6.73. The molecule has 1 aromatic carbocycles. The molecule has 2 aromatic rings. The Morgan fingerprint density at radius 2 is 1.76 bits per heavy atom. The van der Waals surface area contributed by atoms with E-state index in [0.29, 0.717) is 10.7 Å². The minimum absolute atomic E-state index is 0.0772. The molecule has 1 saturated carbocycles. The summed E-state index contributed by atoms with van der Waals surface area (Å²) in [6.45, 7) is 0. The van der Waals surface area contributed by atoms with E-state index in [1.807, 2.05) is 0 Å². The predicted molar refractivity (Wildman–Crippen MR) is 95.3 cm³/mol. The summed E-state index contributed by atoms with van der Waals surface area (Å²) < 4.78 is 12.9. The van der Waals surface area contributed by atoms with Crippen molar-refractivity contribution < 1.29 is 14.0 Å². The number of nitrogens with zero attached hydrogens (tertiary/aromatic N) is 1. The third-order valence-corrected chi connectivity index (χ3v) is 4.37. The van der Waals surface area contributed by atoms with Gasteiger partial charge in [0.15, 0.2) is 0 Å². The molecule has 1 aliphatic carbocycles. The molecule has 0 spiro atoms. The monoisotopic (exact) mass is 401 g/mol. The number of amides is 2. The zero-order chi connectivity index (χ0) is 18.1. The fraction of sp³-hybridized carbons (Fsp3) is 0.188. The van der Waals surface area contributed by atoms with Crippen LogP contribution in [0.5, 0.6) is 0 Å². The number of anilines is 2. The number of aromatic nitrogens is 1. The fourth-order valence-corrected chi connectivity index (χ4v) is 3.17. The molecule has 0 aliphatic heterocycles. The molecule has 1 aromatic heterocycles. The molecule has 2 atom stereocenters. The van der Waals surface area contributed by atoms with Crippen LogP contribution in [0, 0.1) is 5.92 Å². The highest BCUT2D eigenvalue weighted by Crippen LogP contribution is 2.34. The van der Waals surface area contributed by atoms with Crippen molar-refractivity contribution in [2.24, 2.45) is 5.92 Å². The Labute approximate surface area is 157 Å². The van der Waals surface area contributed by atoms with Crippen molar-refractivity contribution in [3.05, 3.63) is 51.1 Å². The average molecular weight is 403 g/mol. The van der Waals surface area contributed by atoms with Crippen LogP contribution in [-0.2, 0) is 4.79 Å². The first-order chi connectivity index (χ1) is 11.8. The second-order valence-electron chi connectivity index (χ2n) is 5.48. The number of carbonyl (C=O) groups excluding carboxylic acids is 2. The van der Waals surface area contributed by atoms with Crippen molar-refractivity contribution >= 4 is 58.1 Å². The smallest absolute Gasteiger partial charge is 0.258 e. The van der Waals surface area contributed by atoms with Crippen molar-refractivity contribution in [1.82, 2.24) is 4.98 Å². The lowest BCUT2D eigenvalue weighted by Crippen LogP contribution is -2.17. The van der Waals surface area contributed by atoms with E-state index in [1.54, 1.807) is 0 Å². The lowest BCUT2D eigenvalue weighted by molar-refractivity contribution is -0.117. The number of alkyl halides is 1. The van der Waals surface area contributed by atoms with Gasteiger partial charge in [0.25, 0.3) is 5.91 Å². The molecule has 1 fully saturated rings. The van der Waals surface area contributed by atoms with E-state index in [1.165, 1.54) is 30.5 Å². The van der Waals surface area contributed by atoms with Gasteiger partial charge in [-0.2, -0.15) is 0 Å². The van der Waals surface area contributed by atoms with Gasteiger partial charge in [-0.05, 0) is 24.6 Å². The number of pyridine rings is 1. The highest BCUT2D eigenvalue weighted by molar-refractivity contribution is 6.42. The van der Waals surface area contributed by atoms with Crippen LogP contribution in [0.25, 0.3) is 0 Å². The van der Waals surface area contributed by atoms with Crippen molar-refractivity contribution in [2.45, 2.75) is 12.6 Å². The summed E-state index contributed by atoms with van der Waals surface area (Å²) in [6, 6.07) is 5.79. The molecule has 5 nitrogen and oxygen atoms in total. The first-order valence-corrected chi connectivity index (χ1v) is 8.35. The van der Waals surface area contributed by atoms with Crippen molar-refractivity contribution in [2.75, 3.05) is 10.6 Å². The van der Waals surface area contributed by atoms with Crippen LogP contribution in [0.15, 0.2) is 30.5 Å². The number of hydrogen-bond acceptors (Lipinski definition) is 3. The fourth-order valence-electron chi connectivity index (χ4n) is 2.18. The van der Waals surface area contributed by atoms with Crippen LogP contribution in [0.4, 0.5) is 15.9 Å². The summed E-state index contributed by atoms with van der Waals surface area (Å²) in [7, 11) is 0. The largest absolute Gasteiger partial charge is 0.322 e. The average Bonchev–Trinajstić information content (AvgIpc) is 3.23. The molecule has 0 saturated heterocycles. The maximum Gasteiger partial charge on any atom is 0.258 e. The van der Waals surface area contributed by atoms with E-state index in [4.69, 9.17) is 34.8 Å². The maximum absolute atomic E-state index is 12.9. The topological polar surface area (TPSA) is 71.1 Å². The number of carbonyl (C=O) groups is 2. The van der Waals surface area contributed by atoms with Gasteiger partial charge in [0, 0.05) is 23.0 Å². The molecule has 130 valence electrons. The van der Waals surface area contributed by atoms with Crippen LogP contribution < -0.4 is 10.6 Å². The molecule has 25 heavy (non-hydrogen) atoms. The Bertz CT molecular complexity index is 839. The Morgan fingerprint density at radius 3 is 2.36 bits per heavy atom. The van der Waals surface area contributed by atoms with Crippen molar-refractivity contribution in [3.8, 4) is 0 Å². The maximum atomic E-state index is 12.9. The van der Waals surface area contributed by atoms with E-state index in [-0.39, 0.29) is 27.8 Å². The minimum atomic E-state index is -1.10. The van der Waals surface area contributed by atoms with E-state index in [9.17, 15) is 14.0 Å². The predicted octanol–water partition coefficient (Wildman–Crippen LogP) is 4.59. The Hall–Kier alpha value is -1.89. The van der Waals surface area contributed by atoms with Gasteiger partial charge in [-0.3, -0.25) is 9.59 Å². The van der Waals surface area contributed by atoms with Gasteiger partial charge < -0.3 is 10.6 Å². The number of rotatable bonds is 4. The molecule has 3 rings (SSSR count). The van der Waals surface area contributed by atoms with Gasteiger partial charge in [0.2, 0.25) is 5.91 Å². The molecule has 0 unspecified atom stereocenters. The van der Waals surface area contributed by atoms with Crippen molar-refractivity contribution in [3.63, 3.8) is 0 Å². The second kappa shape index (κ2) is 7.15. The van der Waals surface area contributed by atoms with E-state index in [0.717, 1.165) is 0 Å². The Morgan fingerprint density at radius 1 is 1.12 bits per heavy atom. The SMILES string of the molecule is O=C(Nc1ccnc(NC(=O)[C@@H]2C[C@H]2F)c1)c1c(Cl)cc(Cl)cc1Cl. The highest BCUT2D eigenvalue weighted by atomic mass is 35.5. The number of hydrogen-bond donors (Lipinski definition) is 2. The molecule has 2 amide bonds. The van der Waals surface area contributed by atoms with Crippen LogP contribution >= 0.6 is 34.8 Å². The summed E-state index contributed by atoms with van der Waals surface area (Å²) in [4.78, 5) is 28.1. The van der Waals surface area contributed by atoms with Crippen LogP contribution in [0.1, 0.15) is 16.8 Å². The zero-order valence-corrected chi connectivity index (χ0v) is 14.8. The number of halogens is 4. The molecule has 0 bridgehead atoms. The van der Waals surface area contributed by atoms with Crippen LogP contribution in [0.3, 0.4) is 0 Å². The number of nitrogens with one attached hydrogen (secondary N) is 2. The lowest BCUT2D eigenvalue weighted by Gasteiger charge is -2.10. The molecular weight excluding hydrogens is 392 g/mol. The summed E-state index contributed by atoms with van der Waals surface area (Å²) in [5.74, 6) is -1.41. The molecular formula is C16H11Cl3FN3O2. The third kappa shape index (κ3) is 4.21.